The summed E-state index contributed by atoms with van der Waals surface area (Å²) in [5.74, 6) is 0.482. The van der Waals surface area contributed by atoms with Crippen molar-refractivity contribution in [1.29, 1.82) is 0 Å². The number of carbonyl (C=O) groups excluding carboxylic acids is 1. The molecule has 0 aliphatic rings. The fourth-order valence-corrected chi connectivity index (χ4v) is 0.877. The van der Waals surface area contributed by atoms with Crippen LogP contribution in [0.3, 0.4) is 0 Å². The van der Waals surface area contributed by atoms with E-state index < -0.39 is 0 Å². The molecule has 0 unspecified atom stereocenters. The van der Waals surface area contributed by atoms with Crippen LogP contribution in [0.4, 0.5) is 0 Å². The van der Waals surface area contributed by atoms with Crippen molar-refractivity contribution in [3.8, 4) is 0 Å². The maximum atomic E-state index is 11.2. The number of imidazole rings is 1. The second-order valence-corrected chi connectivity index (χ2v) is 2.32. The highest BCUT2D eigenvalue weighted by molar-refractivity contribution is 5.92. The van der Waals surface area contributed by atoms with Crippen molar-refractivity contribution in [3.05, 3.63) is 18.2 Å². The van der Waals surface area contributed by atoms with E-state index in [-0.39, 0.29) is 5.78 Å². The lowest BCUT2D eigenvalue weighted by Crippen LogP contribution is -2.12. The molecule has 4 heteroatoms. The van der Waals surface area contributed by atoms with E-state index in [1.54, 1.807) is 24.0 Å². The minimum atomic E-state index is 0.000000000000000444. The van der Waals surface area contributed by atoms with Crippen LogP contribution in [-0.4, -0.2) is 21.9 Å². The standard InChI is InChI=1S/C7H11N3O/c1-10-5-4-9-7(10)6(11)2-3-8/h4-5H,2-3,8H2,1H3. The highest BCUT2D eigenvalue weighted by atomic mass is 16.1. The molecule has 4 nitrogen and oxygen atoms in total. The first kappa shape index (κ1) is 7.94. The van der Waals surface area contributed by atoms with Gasteiger partial charge in [0.05, 0.1) is 0 Å². The van der Waals surface area contributed by atoms with Gasteiger partial charge in [-0.15, -0.1) is 0 Å². The van der Waals surface area contributed by atoms with Gasteiger partial charge in [-0.3, -0.25) is 4.79 Å². The third kappa shape index (κ3) is 1.65. The van der Waals surface area contributed by atoms with Gasteiger partial charge in [-0.2, -0.15) is 0 Å². The quantitative estimate of drug-likeness (QED) is 0.619. The summed E-state index contributed by atoms with van der Waals surface area (Å²) in [4.78, 5) is 15.1. The van der Waals surface area contributed by atoms with Gasteiger partial charge in [0, 0.05) is 25.9 Å². The number of ketones is 1. The van der Waals surface area contributed by atoms with E-state index in [2.05, 4.69) is 4.98 Å². The molecule has 0 amide bonds. The molecule has 0 aliphatic carbocycles. The molecule has 0 spiro atoms. The summed E-state index contributed by atoms with van der Waals surface area (Å²) >= 11 is 0. The minimum absolute atomic E-state index is 0.000000000000000444. The highest BCUT2D eigenvalue weighted by Gasteiger charge is 2.08. The molecule has 0 atom stereocenters. The second kappa shape index (κ2) is 3.30. The third-order valence-corrected chi connectivity index (χ3v) is 1.44. The Balaban J connectivity index is 2.76. The van der Waals surface area contributed by atoms with E-state index in [0.29, 0.717) is 18.8 Å². The van der Waals surface area contributed by atoms with Crippen molar-refractivity contribution in [2.24, 2.45) is 12.8 Å². The van der Waals surface area contributed by atoms with Crippen LogP contribution >= 0.6 is 0 Å². The Kier molecular flexibility index (Phi) is 2.38. The van der Waals surface area contributed by atoms with Crippen LogP contribution in [0.2, 0.25) is 0 Å². The van der Waals surface area contributed by atoms with Gasteiger partial charge in [0.1, 0.15) is 0 Å². The molecule has 0 saturated carbocycles. The molecule has 0 bridgehead atoms. The van der Waals surface area contributed by atoms with Crippen LogP contribution in [0.5, 0.6) is 0 Å². The molecule has 0 radical (unpaired) electrons. The number of nitrogens with two attached hydrogens (primary N) is 1. The number of carbonyl (C=O) groups is 1. The van der Waals surface area contributed by atoms with Crippen molar-refractivity contribution < 1.29 is 4.79 Å². The highest BCUT2D eigenvalue weighted by Crippen LogP contribution is 1.97. The van der Waals surface area contributed by atoms with Crippen molar-refractivity contribution in [2.75, 3.05) is 6.54 Å². The molecule has 0 aliphatic heterocycles. The zero-order valence-electron chi connectivity index (χ0n) is 6.45. The number of aromatic nitrogens is 2. The summed E-state index contributed by atoms with van der Waals surface area (Å²) in [6.07, 6.45) is 3.71. The van der Waals surface area contributed by atoms with Crippen LogP contribution in [0, 0.1) is 0 Å². The maximum Gasteiger partial charge on any atom is 0.199 e. The van der Waals surface area contributed by atoms with Gasteiger partial charge < -0.3 is 10.3 Å². The van der Waals surface area contributed by atoms with Gasteiger partial charge in [-0.1, -0.05) is 0 Å². The minimum Gasteiger partial charge on any atom is -0.332 e. The molecule has 1 aromatic heterocycles. The topological polar surface area (TPSA) is 60.9 Å². The van der Waals surface area contributed by atoms with Crippen molar-refractivity contribution in [2.45, 2.75) is 6.42 Å². The van der Waals surface area contributed by atoms with Crippen LogP contribution in [0.25, 0.3) is 0 Å². The van der Waals surface area contributed by atoms with Crippen LogP contribution in [0.1, 0.15) is 17.0 Å². The average molecular weight is 153 g/mol. The number of hydrogen-bond donors (Lipinski definition) is 1. The van der Waals surface area contributed by atoms with E-state index in [4.69, 9.17) is 5.73 Å². The Morgan fingerprint density at radius 2 is 2.55 bits per heavy atom. The van der Waals surface area contributed by atoms with Crippen LogP contribution < -0.4 is 5.73 Å². The molecule has 0 saturated heterocycles. The second-order valence-electron chi connectivity index (χ2n) is 2.32. The summed E-state index contributed by atoms with van der Waals surface area (Å²) in [5.41, 5.74) is 5.23. The fraction of sp³-hybridized carbons (Fsp3) is 0.429. The number of nitrogens with zero attached hydrogens (tertiary/aromatic N) is 2. The largest absolute Gasteiger partial charge is 0.332 e. The summed E-state index contributed by atoms with van der Waals surface area (Å²) in [6.45, 7) is 0.381. The van der Waals surface area contributed by atoms with Gasteiger partial charge in [0.25, 0.3) is 0 Å². The lowest BCUT2D eigenvalue weighted by molar-refractivity contribution is 0.0972. The Hall–Kier alpha value is -1.16. The predicted octanol–water partition coefficient (Wildman–Crippen LogP) is -0.0484. The van der Waals surface area contributed by atoms with Gasteiger partial charge >= 0.3 is 0 Å². The predicted molar refractivity (Wildman–Crippen MR) is 41.2 cm³/mol. The molecule has 1 heterocycles. The monoisotopic (exact) mass is 153 g/mol. The summed E-state index contributed by atoms with van der Waals surface area (Å²) < 4.78 is 1.69. The average Bonchev–Trinajstić information content (AvgIpc) is 2.36. The third-order valence-electron chi connectivity index (χ3n) is 1.44. The number of rotatable bonds is 3. The van der Waals surface area contributed by atoms with Crippen LogP contribution in [-0.2, 0) is 7.05 Å². The van der Waals surface area contributed by atoms with E-state index in [0.717, 1.165) is 0 Å². The van der Waals surface area contributed by atoms with Crippen molar-refractivity contribution >= 4 is 5.78 Å². The maximum absolute atomic E-state index is 11.2. The molecular formula is C7H11N3O. The normalized spacial score (nSPS) is 10.0. The van der Waals surface area contributed by atoms with Crippen LogP contribution in [0.15, 0.2) is 12.4 Å². The molecule has 60 valence electrons. The SMILES string of the molecule is Cn1ccnc1C(=O)CCN. The van der Waals surface area contributed by atoms with E-state index in [9.17, 15) is 4.79 Å². The molecule has 11 heavy (non-hydrogen) atoms. The first-order valence-electron chi connectivity index (χ1n) is 3.46. The van der Waals surface area contributed by atoms with E-state index >= 15 is 0 Å². The lowest BCUT2D eigenvalue weighted by atomic mass is 10.3. The zero-order chi connectivity index (χ0) is 8.27. The van der Waals surface area contributed by atoms with Gasteiger partial charge in [-0.05, 0) is 6.54 Å². The summed E-state index contributed by atoms with van der Waals surface area (Å²) in [7, 11) is 1.79. The van der Waals surface area contributed by atoms with E-state index in [1.165, 1.54) is 0 Å². The fourth-order valence-electron chi connectivity index (χ4n) is 0.877. The Morgan fingerprint density at radius 1 is 1.82 bits per heavy atom. The summed E-state index contributed by atoms with van der Waals surface area (Å²) in [6, 6.07) is 0. The molecule has 0 fully saturated rings. The smallest absolute Gasteiger partial charge is 0.199 e. The molecular weight excluding hydrogens is 142 g/mol. The zero-order valence-corrected chi connectivity index (χ0v) is 6.45. The first-order chi connectivity index (χ1) is 5.25. The number of aryl methyl sites for hydroxylation is 1. The number of Topliss-reactive ketones (excluding diaryl/α,β-unsaturated/α-hetero) is 1. The Labute approximate surface area is 65.0 Å². The molecule has 0 aromatic carbocycles. The molecule has 1 rings (SSSR count). The van der Waals surface area contributed by atoms with Gasteiger partial charge in [0.15, 0.2) is 11.6 Å². The Bertz CT molecular complexity index is 254. The van der Waals surface area contributed by atoms with Gasteiger partial charge in [-0.25, -0.2) is 4.98 Å². The van der Waals surface area contributed by atoms with E-state index in [1.807, 2.05) is 0 Å². The Morgan fingerprint density at radius 3 is 3.00 bits per heavy atom. The van der Waals surface area contributed by atoms with Crippen molar-refractivity contribution in [3.63, 3.8) is 0 Å². The first-order valence-corrected chi connectivity index (χ1v) is 3.46. The summed E-state index contributed by atoms with van der Waals surface area (Å²) in [5, 5.41) is 0. The van der Waals surface area contributed by atoms with Gasteiger partial charge in [0.2, 0.25) is 0 Å². The molecule has 2 N–H and O–H groups in total. The molecule has 1 aromatic rings. The number of hydrogen-bond acceptors (Lipinski definition) is 3. The van der Waals surface area contributed by atoms with Crippen molar-refractivity contribution in [1.82, 2.24) is 9.55 Å². The lowest BCUT2D eigenvalue weighted by Gasteiger charge is -1.97.